The minimum atomic E-state index is -0.0441. The Kier molecular flexibility index (Phi) is 4.94. The second-order valence-electron chi connectivity index (χ2n) is 5.85. The van der Waals surface area contributed by atoms with E-state index in [-0.39, 0.29) is 11.8 Å². The first-order valence-electron chi connectivity index (χ1n) is 7.96. The molecule has 3 rings (SSSR count). The SMILES string of the molecule is Cc1ccc(CNC(=O)CCN2C(=O)CSc3ccccc32)n1C. The minimum Gasteiger partial charge on any atom is -0.350 e. The molecule has 126 valence electrons. The molecule has 0 saturated carbocycles. The number of carbonyl (C=O) groups is 2. The number of fused-ring (bicyclic) bond motifs is 1. The summed E-state index contributed by atoms with van der Waals surface area (Å²) in [7, 11) is 1.98. The number of carbonyl (C=O) groups excluding carboxylic acids is 2. The molecule has 2 amide bonds. The molecule has 0 bridgehead atoms. The fourth-order valence-corrected chi connectivity index (χ4v) is 3.67. The largest absolute Gasteiger partial charge is 0.350 e. The van der Waals surface area contributed by atoms with Crippen molar-refractivity contribution in [1.82, 2.24) is 9.88 Å². The highest BCUT2D eigenvalue weighted by Crippen LogP contribution is 2.34. The number of hydrogen-bond donors (Lipinski definition) is 1. The van der Waals surface area contributed by atoms with Crippen molar-refractivity contribution >= 4 is 29.3 Å². The summed E-state index contributed by atoms with van der Waals surface area (Å²) in [6.45, 7) is 2.95. The molecule has 1 aromatic heterocycles. The number of hydrogen-bond acceptors (Lipinski definition) is 3. The van der Waals surface area contributed by atoms with Gasteiger partial charge in [-0.1, -0.05) is 12.1 Å². The lowest BCUT2D eigenvalue weighted by atomic mass is 10.2. The number of thioether (sulfide) groups is 1. The zero-order valence-corrected chi connectivity index (χ0v) is 14.7. The van der Waals surface area contributed by atoms with Gasteiger partial charge in [-0.2, -0.15) is 0 Å². The normalized spacial score (nSPS) is 13.8. The van der Waals surface area contributed by atoms with Crippen LogP contribution in [0.4, 0.5) is 5.69 Å². The third kappa shape index (κ3) is 3.48. The molecule has 1 aliphatic heterocycles. The van der Waals surface area contributed by atoms with Crippen molar-refractivity contribution in [2.75, 3.05) is 17.2 Å². The lowest BCUT2D eigenvalue weighted by molar-refractivity contribution is -0.121. The van der Waals surface area contributed by atoms with Crippen molar-refractivity contribution in [1.29, 1.82) is 0 Å². The molecule has 0 radical (unpaired) electrons. The Morgan fingerprint density at radius 1 is 1.25 bits per heavy atom. The summed E-state index contributed by atoms with van der Waals surface area (Å²) >= 11 is 1.55. The quantitative estimate of drug-likeness (QED) is 0.907. The highest BCUT2D eigenvalue weighted by Gasteiger charge is 2.24. The molecular formula is C18H21N3O2S. The van der Waals surface area contributed by atoms with E-state index < -0.39 is 0 Å². The second-order valence-corrected chi connectivity index (χ2v) is 6.87. The van der Waals surface area contributed by atoms with Crippen LogP contribution in [-0.4, -0.2) is 28.7 Å². The van der Waals surface area contributed by atoms with Gasteiger partial charge in [0.25, 0.3) is 0 Å². The van der Waals surface area contributed by atoms with Crippen molar-refractivity contribution in [3.05, 3.63) is 47.8 Å². The number of anilines is 1. The maximum atomic E-state index is 12.2. The lowest BCUT2D eigenvalue weighted by Crippen LogP contribution is -2.38. The van der Waals surface area contributed by atoms with Gasteiger partial charge in [0.05, 0.1) is 18.0 Å². The molecule has 1 aromatic carbocycles. The van der Waals surface area contributed by atoms with Gasteiger partial charge in [-0.3, -0.25) is 9.59 Å². The van der Waals surface area contributed by atoms with Gasteiger partial charge in [-0.05, 0) is 31.2 Å². The Labute approximate surface area is 146 Å². The fraction of sp³-hybridized carbons (Fsp3) is 0.333. The average molecular weight is 343 g/mol. The molecule has 24 heavy (non-hydrogen) atoms. The predicted octanol–water partition coefficient (Wildman–Crippen LogP) is 2.48. The second kappa shape index (κ2) is 7.13. The van der Waals surface area contributed by atoms with Crippen LogP contribution in [0.2, 0.25) is 0 Å². The average Bonchev–Trinajstić information content (AvgIpc) is 2.91. The summed E-state index contributed by atoms with van der Waals surface area (Å²) < 4.78 is 2.06. The molecule has 1 N–H and O–H groups in total. The van der Waals surface area contributed by atoms with Crippen LogP contribution in [-0.2, 0) is 23.2 Å². The summed E-state index contributed by atoms with van der Waals surface area (Å²) in [5, 5.41) is 2.93. The molecule has 0 unspecified atom stereocenters. The standard InChI is InChI=1S/C18H21N3O2S/c1-13-7-8-14(20(13)2)11-19-17(22)9-10-21-15-5-3-4-6-16(15)24-12-18(21)23/h3-8H,9-12H2,1-2H3,(H,19,22). The number of aromatic nitrogens is 1. The van der Waals surface area contributed by atoms with E-state index in [1.54, 1.807) is 16.7 Å². The van der Waals surface area contributed by atoms with E-state index in [4.69, 9.17) is 0 Å². The van der Waals surface area contributed by atoms with E-state index in [0.29, 0.717) is 25.3 Å². The predicted molar refractivity (Wildman–Crippen MR) is 96.1 cm³/mol. The molecule has 6 heteroatoms. The van der Waals surface area contributed by atoms with Gasteiger partial charge in [-0.15, -0.1) is 11.8 Å². The molecule has 0 aliphatic carbocycles. The smallest absolute Gasteiger partial charge is 0.237 e. The third-order valence-electron chi connectivity index (χ3n) is 4.31. The Morgan fingerprint density at radius 3 is 2.79 bits per heavy atom. The lowest BCUT2D eigenvalue weighted by Gasteiger charge is -2.28. The van der Waals surface area contributed by atoms with Gasteiger partial charge in [0.15, 0.2) is 0 Å². The molecule has 5 nitrogen and oxygen atoms in total. The highest BCUT2D eigenvalue weighted by atomic mass is 32.2. The monoisotopic (exact) mass is 343 g/mol. The van der Waals surface area contributed by atoms with Crippen LogP contribution >= 0.6 is 11.8 Å². The van der Waals surface area contributed by atoms with Crippen LogP contribution in [0.15, 0.2) is 41.3 Å². The van der Waals surface area contributed by atoms with Gasteiger partial charge in [0, 0.05) is 36.3 Å². The summed E-state index contributed by atoms with van der Waals surface area (Å²) in [5.41, 5.74) is 3.13. The summed E-state index contributed by atoms with van der Waals surface area (Å²) in [5.74, 6) is 0.447. The van der Waals surface area contributed by atoms with E-state index in [9.17, 15) is 9.59 Å². The first-order valence-corrected chi connectivity index (χ1v) is 8.95. The number of para-hydroxylation sites is 1. The van der Waals surface area contributed by atoms with Gasteiger partial charge in [0.1, 0.15) is 0 Å². The Hall–Kier alpha value is -2.21. The van der Waals surface area contributed by atoms with Crippen LogP contribution in [0.1, 0.15) is 17.8 Å². The molecule has 0 fully saturated rings. The Balaban J connectivity index is 1.56. The maximum Gasteiger partial charge on any atom is 0.237 e. The summed E-state index contributed by atoms with van der Waals surface area (Å²) in [4.78, 5) is 27.1. The van der Waals surface area contributed by atoms with E-state index >= 15 is 0 Å². The minimum absolute atomic E-state index is 0.0441. The molecular weight excluding hydrogens is 322 g/mol. The Bertz CT molecular complexity index is 769. The van der Waals surface area contributed by atoms with Crippen LogP contribution in [0.25, 0.3) is 0 Å². The number of benzene rings is 1. The van der Waals surface area contributed by atoms with Gasteiger partial charge >= 0.3 is 0 Å². The summed E-state index contributed by atoms with van der Waals surface area (Å²) in [6, 6.07) is 11.9. The summed E-state index contributed by atoms with van der Waals surface area (Å²) in [6.07, 6.45) is 0.300. The zero-order chi connectivity index (χ0) is 17.1. The van der Waals surface area contributed by atoms with Crippen LogP contribution < -0.4 is 10.2 Å². The maximum absolute atomic E-state index is 12.2. The molecule has 2 aromatic rings. The van der Waals surface area contributed by atoms with E-state index in [0.717, 1.165) is 22.0 Å². The first-order chi connectivity index (χ1) is 11.6. The number of nitrogens with one attached hydrogen (secondary N) is 1. The van der Waals surface area contributed by atoms with Crippen molar-refractivity contribution in [2.45, 2.75) is 24.8 Å². The Morgan fingerprint density at radius 2 is 2.04 bits per heavy atom. The van der Waals surface area contributed by atoms with Gasteiger partial charge < -0.3 is 14.8 Å². The van der Waals surface area contributed by atoms with Crippen molar-refractivity contribution in [2.24, 2.45) is 7.05 Å². The zero-order valence-electron chi connectivity index (χ0n) is 13.9. The van der Waals surface area contributed by atoms with E-state index in [1.165, 1.54) is 0 Å². The number of rotatable bonds is 5. The van der Waals surface area contributed by atoms with Crippen LogP contribution in [0, 0.1) is 6.92 Å². The molecule has 1 aliphatic rings. The van der Waals surface area contributed by atoms with E-state index in [1.807, 2.05) is 50.4 Å². The van der Waals surface area contributed by atoms with Gasteiger partial charge in [-0.25, -0.2) is 0 Å². The fourth-order valence-electron chi connectivity index (χ4n) is 2.73. The highest BCUT2D eigenvalue weighted by molar-refractivity contribution is 8.00. The van der Waals surface area contributed by atoms with E-state index in [2.05, 4.69) is 9.88 Å². The van der Waals surface area contributed by atoms with Crippen LogP contribution in [0.5, 0.6) is 0 Å². The molecule has 2 heterocycles. The first kappa shape index (κ1) is 16.6. The van der Waals surface area contributed by atoms with Crippen molar-refractivity contribution in [3.8, 4) is 0 Å². The number of nitrogens with zero attached hydrogens (tertiary/aromatic N) is 2. The molecule has 0 saturated heterocycles. The molecule has 0 atom stereocenters. The van der Waals surface area contributed by atoms with Crippen LogP contribution in [0.3, 0.4) is 0 Å². The number of amides is 2. The topological polar surface area (TPSA) is 54.3 Å². The number of aryl methyl sites for hydroxylation is 1. The van der Waals surface area contributed by atoms with Crippen molar-refractivity contribution < 1.29 is 9.59 Å². The van der Waals surface area contributed by atoms with Gasteiger partial charge in [0.2, 0.25) is 11.8 Å². The molecule has 0 spiro atoms. The third-order valence-corrected chi connectivity index (χ3v) is 5.36. The van der Waals surface area contributed by atoms with Crippen molar-refractivity contribution in [3.63, 3.8) is 0 Å².